The molecule has 1 aromatic carbocycles. The molecule has 0 bridgehead atoms. The topological polar surface area (TPSA) is 60.2 Å². The summed E-state index contributed by atoms with van der Waals surface area (Å²) < 4.78 is 0. The molecule has 0 aliphatic rings. The van der Waals surface area contributed by atoms with E-state index < -0.39 is 0 Å². The van der Waals surface area contributed by atoms with Crippen molar-refractivity contribution in [3.05, 3.63) is 57.8 Å². The van der Waals surface area contributed by atoms with Crippen molar-refractivity contribution in [3.63, 3.8) is 0 Å². The summed E-state index contributed by atoms with van der Waals surface area (Å²) in [6.45, 7) is 6.46. The van der Waals surface area contributed by atoms with Gasteiger partial charge >= 0.3 is 0 Å². The second kappa shape index (κ2) is 8.96. The summed E-state index contributed by atoms with van der Waals surface area (Å²) in [7, 11) is 0. The Morgan fingerprint density at radius 3 is 2.91 bits per heavy atom. The molecule has 0 aliphatic carbocycles. The summed E-state index contributed by atoms with van der Waals surface area (Å²) in [5.74, 6) is 1.24. The fourth-order valence-corrected chi connectivity index (χ4v) is 2.96. The van der Waals surface area contributed by atoms with E-state index >= 15 is 0 Å². The Bertz CT molecular complexity index is 671. The highest BCUT2D eigenvalue weighted by atomic mass is 32.1. The third kappa shape index (κ3) is 5.42. The second-order valence-electron chi connectivity index (χ2n) is 5.35. The number of aliphatic imine (C=N–C) groups is 1. The zero-order valence-corrected chi connectivity index (χ0v) is 14.4. The third-order valence-corrected chi connectivity index (χ3v) is 4.21. The molecule has 2 rings (SSSR count). The number of hydrogen-bond acceptors (Lipinski definition) is 3. The summed E-state index contributed by atoms with van der Waals surface area (Å²) in [6.07, 6.45) is 0. The number of benzene rings is 1. The van der Waals surface area contributed by atoms with Crippen LogP contribution in [0.4, 0.5) is 0 Å². The van der Waals surface area contributed by atoms with Crippen molar-refractivity contribution in [1.29, 1.82) is 5.26 Å². The van der Waals surface area contributed by atoms with Gasteiger partial charge in [0, 0.05) is 13.1 Å². The van der Waals surface area contributed by atoms with Crippen LogP contribution in [0.1, 0.15) is 36.5 Å². The van der Waals surface area contributed by atoms with Gasteiger partial charge in [-0.25, -0.2) is 4.99 Å². The van der Waals surface area contributed by atoms with Crippen molar-refractivity contribution in [1.82, 2.24) is 10.6 Å². The van der Waals surface area contributed by atoms with Gasteiger partial charge in [-0.15, -0.1) is 0 Å². The number of rotatable bonds is 6. The highest BCUT2D eigenvalue weighted by Gasteiger charge is 2.07. The molecule has 2 aromatic rings. The molecular formula is C18H22N4S. The number of nitrogens with zero attached hydrogens (tertiary/aromatic N) is 2. The second-order valence-corrected chi connectivity index (χ2v) is 6.13. The Labute approximate surface area is 141 Å². The van der Waals surface area contributed by atoms with Gasteiger partial charge < -0.3 is 10.6 Å². The SMILES string of the molecule is CCNC(=NCc1cccc(C#N)c1)NCC(C)c1ccsc1. The molecule has 120 valence electrons. The lowest BCUT2D eigenvalue weighted by Crippen LogP contribution is -2.39. The molecule has 5 heteroatoms. The van der Waals surface area contributed by atoms with Crippen molar-refractivity contribution in [3.8, 4) is 6.07 Å². The zero-order chi connectivity index (χ0) is 16.5. The van der Waals surface area contributed by atoms with E-state index in [0.29, 0.717) is 18.0 Å². The lowest BCUT2D eigenvalue weighted by Gasteiger charge is -2.15. The molecule has 0 fully saturated rings. The summed E-state index contributed by atoms with van der Waals surface area (Å²) in [4.78, 5) is 4.60. The number of hydrogen-bond donors (Lipinski definition) is 2. The van der Waals surface area contributed by atoms with Crippen LogP contribution >= 0.6 is 11.3 Å². The molecule has 2 N–H and O–H groups in total. The van der Waals surface area contributed by atoms with E-state index in [1.165, 1.54) is 5.56 Å². The van der Waals surface area contributed by atoms with Crippen LogP contribution in [-0.2, 0) is 6.54 Å². The first-order valence-electron chi connectivity index (χ1n) is 7.76. The average molecular weight is 326 g/mol. The number of nitrogens with one attached hydrogen (secondary N) is 2. The fourth-order valence-electron chi connectivity index (χ4n) is 2.17. The van der Waals surface area contributed by atoms with E-state index in [2.05, 4.69) is 52.4 Å². The predicted octanol–water partition coefficient (Wildman–Crippen LogP) is 3.48. The van der Waals surface area contributed by atoms with Crippen molar-refractivity contribution in [2.45, 2.75) is 26.3 Å². The predicted molar refractivity (Wildman–Crippen MR) is 96.7 cm³/mol. The molecule has 0 saturated heterocycles. The van der Waals surface area contributed by atoms with E-state index in [4.69, 9.17) is 5.26 Å². The van der Waals surface area contributed by atoms with E-state index in [1.807, 2.05) is 18.2 Å². The summed E-state index contributed by atoms with van der Waals surface area (Å²) >= 11 is 1.72. The number of nitriles is 1. The van der Waals surface area contributed by atoms with Crippen LogP contribution in [0.5, 0.6) is 0 Å². The fraction of sp³-hybridized carbons (Fsp3) is 0.333. The van der Waals surface area contributed by atoms with Crippen molar-refractivity contribution in [2.75, 3.05) is 13.1 Å². The molecule has 1 atom stereocenters. The van der Waals surface area contributed by atoms with Gasteiger partial charge in [0.2, 0.25) is 0 Å². The van der Waals surface area contributed by atoms with E-state index in [0.717, 1.165) is 24.6 Å². The highest BCUT2D eigenvalue weighted by molar-refractivity contribution is 7.07. The van der Waals surface area contributed by atoms with Gasteiger partial charge in [-0.2, -0.15) is 16.6 Å². The molecule has 23 heavy (non-hydrogen) atoms. The van der Waals surface area contributed by atoms with Crippen LogP contribution in [0, 0.1) is 11.3 Å². The molecule has 4 nitrogen and oxygen atoms in total. The first-order chi connectivity index (χ1) is 11.2. The molecule has 0 spiro atoms. The van der Waals surface area contributed by atoms with Gasteiger partial charge in [-0.05, 0) is 52.9 Å². The van der Waals surface area contributed by atoms with Crippen molar-refractivity contribution < 1.29 is 0 Å². The Kier molecular flexibility index (Phi) is 6.64. The Balaban J connectivity index is 1.95. The maximum atomic E-state index is 8.95. The van der Waals surface area contributed by atoms with Gasteiger partial charge in [0.15, 0.2) is 5.96 Å². The van der Waals surface area contributed by atoms with Gasteiger partial charge in [-0.3, -0.25) is 0 Å². The number of guanidine groups is 1. The van der Waals surface area contributed by atoms with Gasteiger partial charge in [0.1, 0.15) is 0 Å². The summed E-state index contributed by atoms with van der Waals surface area (Å²) in [5.41, 5.74) is 3.05. The molecule has 0 amide bonds. The Morgan fingerprint density at radius 2 is 2.22 bits per heavy atom. The lowest BCUT2D eigenvalue weighted by atomic mass is 10.1. The largest absolute Gasteiger partial charge is 0.357 e. The average Bonchev–Trinajstić information content (AvgIpc) is 3.12. The van der Waals surface area contributed by atoms with E-state index in [-0.39, 0.29) is 0 Å². The lowest BCUT2D eigenvalue weighted by molar-refractivity contribution is 0.701. The normalized spacial score (nSPS) is 12.5. The van der Waals surface area contributed by atoms with Gasteiger partial charge in [0.05, 0.1) is 18.2 Å². The molecule has 0 aliphatic heterocycles. The first-order valence-corrected chi connectivity index (χ1v) is 8.70. The van der Waals surface area contributed by atoms with Gasteiger partial charge in [0.25, 0.3) is 0 Å². The molecule has 1 aromatic heterocycles. The monoisotopic (exact) mass is 326 g/mol. The quantitative estimate of drug-likeness (QED) is 0.631. The molecule has 0 radical (unpaired) electrons. The van der Waals surface area contributed by atoms with Crippen LogP contribution in [-0.4, -0.2) is 19.0 Å². The Hall–Kier alpha value is -2.32. The van der Waals surface area contributed by atoms with Crippen LogP contribution in [0.2, 0.25) is 0 Å². The summed E-state index contributed by atoms with van der Waals surface area (Å²) in [5, 5.41) is 19.9. The molecule has 1 unspecified atom stereocenters. The molecular weight excluding hydrogens is 304 g/mol. The maximum absolute atomic E-state index is 8.95. The van der Waals surface area contributed by atoms with Crippen LogP contribution in [0.15, 0.2) is 46.1 Å². The zero-order valence-electron chi connectivity index (χ0n) is 13.5. The Morgan fingerprint density at radius 1 is 1.35 bits per heavy atom. The third-order valence-electron chi connectivity index (χ3n) is 3.51. The minimum Gasteiger partial charge on any atom is -0.357 e. The van der Waals surface area contributed by atoms with Crippen LogP contribution in [0.25, 0.3) is 0 Å². The first kappa shape index (κ1) is 17.0. The minimum atomic E-state index is 0.437. The van der Waals surface area contributed by atoms with Crippen molar-refractivity contribution >= 4 is 17.3 Å². The van der Waals surface area contributed by atoms with Crippen molar-refractivity contribution in [2.24, 2.45) is 4.99 Å². The number of thiophene rings is 1. The molecule has 1 heterocycles. The standard InChI is InChI=1S/C18H22N4S/c1-3-20-18(21-11-14(2)17-7-8-23-13-17)22-12-16-6-4-5-15(9-16)10-19/h4-9,13-14H,3,11-12H2,1-2H3,(H2,20,21,22). The van der Waals surface area contributed by atoms with E-state index in [9.17, 15) is 0 Å². The van der Waals surface area contributed by atoms with Gasteiger partial charge in [-0.1, -0.05) is 19.1 Å². The maximum Gasteiger partial charge on any atom is 0.191 e. The molecule has 0 saturated carbocycles. The highest BCUT2D eigenvalue weighted by Crippen LogP contribution is 2.17. The summed E-state index contributed by atoms with van der Waals surface area (Å²) in [6, 6.07) is 11.9. The van der Waals surface area contributed by atoms with Crippen LogP contribution < -0.4 is 10.6 Å². The van der Waals surface area contributed by atoms with Crippen LogP contribution in [0.3, 0.4) is 0 Å². The smallest absolute Gasteiger partial charge is 0.191 e. The minimum absolute atomic E-state index is 0.437. The van der Waals surface area contributed by atoms with E-state index in [1.54, 1.807) is 17.4 Å².